The lowest BCUT2D eigenvalue weighted by molar-refractivity contribution is -0.123. The van der Waals surface area contributed by atoms with E-state index in [2.05, 4.69) is 59.9 Å². The Morgan fingerprint density at radius 3 is 2.20 bits per heavy atom. The third kappa shape index (κ3) is 4.43. The van der Waals surface area contributed by atoms with Gasteiger partial charge in [0.25, 0.3) is 0 Å². The molecule has 1 fully saturated rings. The molecule has 35 heavy (non-hydrogen) atoms. The summed E-state index contributed by atoms with van der Waals surface area (Å²) in [6.45, 7) is 17.5. The summed E-state index contributed by atoms with van der Waals surface area (Å²) in [6, 6.07) is 8.62. The molecule has 192 valence electrons. The van der Waals surface area contributed by atoms with Gasteiger partial charge in [-0.05, 0) is 48.2 Å². The summed E-state index contributed by atoms with van der Waals surface area (Å²) >= 11 is 0. The number of rotatable bonds is 4. The van der Waals surface area contributed by atoms with E-state index in [4.69, 9.17) is 9.16 Å². The quantitative estimate of drug-likeness (QED) is 0.290. The average Bonchev–Trinajstić information content (AvgIpc) is 3.54. The Morgan fingerprint density at radius 2 is 1.66 bits per heavy atom. The topological polar surface area (TPSA) is 73.0 Å². The summed E-state index contributed by atoms with van der Waals surface area (Å²) in [5.74, 6) is -0.656. The molecule has 0 amide bonds. The Balaban J connectivity index is 1.89. The molecule has 0 N–H and O–H groups in total. The highest BCUT2D eigenvalue weighted by atomic mass is 32.2. The lowest BCUT2D eigenvalue weighted by Crippen LogP contribution is -2.56. The second-order valence-corrected chi connectivity index (χ2v) is 19.9. The first-order valence-corrected chi connectivity index (χ1v) is 17.0. The molecule has 0 radical (unpaired) electrons. The SMILES string of the molecule is CC1(C)C[C@H](S(=O)(=O)c2ccccc2)[C@H]2[C@](C)(C=CC(=O)[C@@]23CO3)C=C[C@H]1O[Si](C)(C)C(C)(C)C. The normalized spacial score (nSPS) is 34.9. The fourth-order valence-electron chi connectivity index (χ4n) is 5.49. The fraction of sp³-hybridized carbons (Fsp3) is 0.607. The number of fused-ring (bicyclic) bond motifs is 2. The Kier molecular flexibility index (Phi) is 6.24. The molecule has 1 heterocycles. The number of hydrogen-bond acceptors (Lipinski definition) is 5. The van der Waals surface area contributed by atoms with Crippen molar-refractivity contribution in [2.75, 3.05) is 6.61 Å². The fourth-order valence-corrected chi connectivity index (χ4v) is 9.28. The number of ketones is 1. The van der Waals surface area contributed by atoms with Gasteiger partial charge in [0.2, 0.25) is 0 Å². The van der Waals surface area contributed by atoms with Crippen molar-refractivity contribution < 1.29 is 22.4 Å². The van der Waals surface area contributed by atoms with Crippen molar-refractivity contribution >= 4 is 23.9 Å². The van der Waals surface area contributed by atoms with Crippen molar-refractivity contribution in [2.24, 2.45) is 16.7 Å². The van der Waals surface area contributed by atoms with Crippen LogP contribution in [0.2, 0.25) is 18.1 Å². The lowest BCUT2D eigenvalue weighted by Gasteiger charge is -2.50. The van der Waals surface area contributed by atoms with Crippen LogP contribution in [0.5, 0.6) is 0 Å². The molecule has 0 saturated carbocycles. The van der Waals surface area contributed by atoms with Crippen molar-refractivity contribution in [3.8, 4) is 0 Å². The van der Waals surface area contributed by atoms with Gasteiger partial charge in [0.1, 0.15) is 0 Å². The molecule has 7 heteroatoms. The predicted octanol–water partition coefficient (Wildman–Crippen LogP) is 5.74. The van der Waals surface area contributed by atoms with E-state index in [1.807, 2.05) is 19.1 Å². The summed E-state index contributed by atoms with van der Waals surface area (Å²) in [5.41, 5.74) is -2.23. The van der Waals surface area contributed by atoms with Gasteiger partial charge in [0.15, 0.2) is 29.5 Å². The highest BCUT2D eigenvalue weighted by molar-refractivity contribution is 7.92. The first-order chi connectivity index (χ1) is 16.0. The molecule has 2 aliphatic carbocycles. The number of carbonyl (C=O) groups is 1. The van der Waals surface area contributed by atoms with Crippen LogP contribution in [0.3, 0.4) is 0 Å². The van der Waals surface area contributed by atoms with Gasteiger partial charge in [-0.25, -0.2) is 8.42 Å². The van der Waals surface area contributed by atoms with E-state index in [0.717, 1.165) is 0 Å². The number of epoxide rings is 1. The Labute approximate surface area is 212 Å². The lowest BCUT2D eigenvalue weighted by atomic mass is 9.60. The molecule has 0 aromatic heterocycles. The van der Waals surface area contributed by atoms with Gasteiger partial charge in [-0.3, -0.25) is 4.79 Å². The number of allylic oxidation sites excluding steroid dienone is 2. The van der Waals surface area contributed by atoms with Crippen LogP contribution < -0.4 is 0 Å². The monoisotopic (exact) mass is 516 g/mol. The van der Waals surface area contributed by atoms with Crippen LogP contribution in [0.4, 0.5) is 0 Å². The van der Waals surface area contributed by atoms with Crippen LogP contribution >= 0.6 is 0 Å². The highest BCUT2D eigenvalue weighted by Crippen LogP contribution is 2.57. The Morgan fingerprint density at radius 1 is 1.06 bits per heavy atom. The van der Waals surface area contributed by atoms with Gasteiger partial charge >= 0.3 is 0 Å². The van der Waals surface area contributed by atoms with Gasteiger partial charge in [-0.15, -0.1) is 0 Å². The van der Waals surface area contributed by atoms with Crippen LogP contribution in [0, 0.1) is 16.7 Å². The molecular weight excluding hydrogens is 476 g/mol. The second kappa shape index (κ2) is 8.23. The van der Waals surface area contributed by atoms with E-state index in [0.29, 0.717) is 6.42 Å². The summed E-state index contributed by atoms with van der Waals surface area (Å²) < 4.78 is 41.3. The molecule has 3 aliphatic rings. The summed E-state index contributed by atoms with van der Waals surface area (Å²) in [7, 11) is -5.92. The summed E-state index contributed by atoms with van der Waals surface area (Å²) in [6.07, 6.45) is 7.76. The third-order valence-corrected chi connectivity index (χ3v) is 15.5. The number of benzene rings is 1. The van der Waals surface area contributed by atoms with E-state index in [9.17, 15) is 13.2 Å². The first-order valence-electron chi connectivity index (χ1n) is 12.5. The van der Waals surface area contributed by atoms with E-state index >= 15 is 0 Å². The maximum absolute atomic E-state index is 14.3. The molecule has 1 saturated heterocycles. The zero-order chi connectivity index (χ0) is 26.1. The first kappa shape index (κ1) is 26.5. The van der Waals surface area contributed by atoms with Crippen molar-refractivity contribution in [1.82, 2.24) is 0 Å². The Hall–Kier alpha value is -1.54. The average molecular weight is 517 g/mol. The Bertz CT molecular complexity index is 1160. The molecule has 5 nitrogen and oxygen atoms in total. The van der Waals surface area contributed by atoms with E-state index in [1.165, 1.54) is 0 Å². The van der Waals surface area contributed by atoms with Gasteiger partial charge in [0.05, 0.1) is 22.9 Å². The van der Waals surface area contributed by atoms with Crippen LogP contribution in [0.15, 0.2) is 59.5 Å². The summed E-state index contributed by atoms with van der Waals surface area (Å²) in [5, 5.41) is -0.790. The minimum atomic E-state index is -3.78. The van der Waals surface area contributed by atoms with Crippen molar-refractivity contribution in [1.29, 1.82) is 0 Å². The van der Waals surface area contributed by atoms with Gasteiger partial charge in [-0.1, -0.05) is 78.0 Å². The maximum atomic E-state index is 14.3. The second-order valence-electron chi connectivity index (χ2n) is 13.0. The zero-order valence-corrected chi connectivity index (χ0v) is 24.1. The van der Waals surface area contributed by atoms with E-state index in [-0.39, 0.29) is 28.4 Å². The minimum Gasteiger partial charge on any atom is -0.410 e. The van der Waals surface area contributed by atoms with Crippen molar-refractivity contribution in [3.63, 3.8) is 0 Å². The molecule has 4 rings (SSSR count). The highest BCUT2D eigenvalue weighted by Gasteiger charge is 2.67. The van der Waals surface area contributed by atoms with Gasteiger partial charge in [-0.2, -0.15) is 0 Å². The number of sulfone groups is 1. The number of carbonyl (C=O) groups excluding carboxylic acids is 1. The van der Waals surface area contributed by atoms with E-state index < -0.39 is 45.8 Å². The van der Waals surface area contributed by atoms with Crippen molar-refractivity contribution in [3.05, 3.63) is 54.6 Å². The van der Waals surface area contributed by atoms with Crippen LogP contribution in [-0.2, 0) is 23.8 Å². The van der Waals surface area contributed by atoms with Gasteiger partial charge in [0, 0.05) is 11.3 Å². The van der Waals surface area contributed by atoms with Crippen molar-refractivity contribution in [2.45, 2.75) is 87.9 Å². The molecular formula is C28H40O5SSi. The molecule has 1 aromatic carbocycles. The largest absolute Gasteiger partial charge is 0.410 e. The van der Waals surface area contributed by atoms with E-state index in [1.54, 1.807) is 30.3 Å². The third-order valence-electron chi connectivity index (χ3n) is 8.84. The maximum Gasteiger partial charge on any atom is 0.192 e. The van der Waals surface area contributed by atoms with Crippen LogP contribution in [-0.4, -0.2) is 46.1 Å². The van der Waals surface area contributed by atoms with Crippen LogP contribution in [0.1, 0.15) is 48.0 Å². The predicted molar refractivity (Wildman–Crippen MR) is 141 cm³/mol. The molecule has 0 bridgehead atoms. The molecule has 5 atom stereocenters. The summed E-state index contributed by atoms with van der Waals surface area (Å²) in [4.78, 5) is 13.3. The van der Waals surface area contributed by atoms with Crippen LogP contribution in [0.25, 0.3) is 0 Å². The minimum absolute atomic E-state index is 0.0182. The smallest absolute Gasteiger partial charge is 0.192 e. The molecule has 1 aliphatic heterocycles. The molecule has 1 aromatic rings. The zero-order valence-electron chi connectivity index (χ0n) is 22.3. The standard InChI is InChI=1S/C28H40O5SSi/c1-25(2,3)35(7,8)33-23-15-17-27(6)16-14-22(29)28(19-32-28)24(27)21(18-26(23,4)5)34(30,31)20-12-10-9-11-13-20/h9-17,21,23-24H,18-19H2,1-8H3/t21-,23+,24-,27+,28-/m0/s1. The molecule has 0 unspecified atom stereocenters. The number of hydrogen-bond donors (Lipinski definition) is 0. The van der Waals surface area contributed by atoms with Gasteiger partial charge < -0.3 is 9.16 Å². The number of ether oxygens (including phenoxy) is 1. The molecule has 1 spiro atoms.